The summed E-state index contributed by atoms with van der Waals surface area (Å²) in [6, 6.07) is 0. The molecule has 25 heavy (non-hydrogen) atoms. The number of hydrogen-bond donors (Lipinski definition) is 1. The average Bonchev–Trinajstić information content (AvgIpc) is 3.14. The summed E-state index contributed by atoms with van der Waals surface area (Å²) in [5.74, 6) is 0.178. The largest absolute Gasteiger partial charge is 0.352 e. The number of aromatic nitrogens is 4. The molecule has 0 saturated carbocycles. The Labute approximate surface area is 147 Å². The number of nitrogens with zero attached hydrogens (tertiary/aromatic N) is 4. The monoisotopic (exact) mass is 365 g/mol. The summed E-state index contributed by atoms with van der Waals surface area (Å²) < 4.78 is 26.8. The third kappa shape index (κ3) is 3.76. The van der Waals surface area contributed by atoms with Crippen molar-refractivity contribution in [3.63, 3.8) is 0 Å². The van der Waals surface area contributed by atoms with Crippen LogP contribution in [0.3, 0.4) is 0 Å². The summed E-state index contributed by atoms with van der Waals surface area (Å²) in [5.41, 5.74) is 1.87. The van der Waals surface area contributed by atoms with Crippen LogP contribution in [0.25, 0.3) is 11.3 Å². The van der Waals surface area contributed by atoms with Crippen molar-refractivity contribution in [3.8, 4) is 11.3 Å². The van der Waals surface area contributed by atoms with Crippen molar-refractivity contribution in [2.45, 2.75) is 25.0 Å². The molecule has 1 aliphatic rings. The lowest BCUT2D eigenvalue weighted by Gasteiger charge is -2.26. The Morgan fingerprint density at radius 3 is 2.72 bits per heavy atom. The van der Waals surface area contributed by atoms with E-state index in [2.05, 4.69) is 15.5 Å². The molecule has 8 nitrogen and oxygen atoms in total. The van der Waals surface area contributed by atoms with Gasteiger partial charge in [-0.25, -0.2) is 8.42 Å². The van der Waals surface area contributed by atoms with Gasteiger partial charge in [0, 0.05) is 38.6 Å². The van der Waals surface area contributed by atoms with Crippen molar-refractivity contribution in [3.05, 3.63) is 24.2 Å². The van der Waals surface area contributed by atoms with E-state index in [0.717, 1.165) is 5.56 Å². The van der Waals surface area contributed by atoms with Gasteiger partial charge in [0.05, 0.1) is 22.8 Å². The fourth-order valence-electron chi connectivity index (χ4n) is 3.20. The molecule has 0 aromatic carbocycles. The molecule has 0 spiro atoms. The van der Waals surface area contributed by atoms with Gasteiger partial charge in [0.1, 0.15) is 5.69 Å². The number of sulfone groups is 1. The first-order chi connectivity index (χ1) is 11.8. The van der Waals surface area contributed by atoms with Gasteiger partial charge in [0.15, 0.2) is 9.84 Å². The SMILES string of the molecule is CC1CC(CNC(=O)c2cn(C)nc2-c2cnn(C)c2)CCS1(=O)=O. The van der Waals surface area contributed by atoms with Crippen LogP contribution in [0.2, 0.25) is 0 Å². The molecule has 136 valence electrons. The molecular formula is C16H23N5O3S. The highest BCUT2D eigenvalue weighted by molar-refractivity contribution is 7.92. The zero-order chi connectivity index (χ0) is 18.2. The lowest BCUT2D eigenvalue weighted by Crippen LogP contribution is -2.37. The Bertz CT molecular complexity index is 883. The van der Waals surface area contributed by atoms with Crippen LogP contribution in [0.4, 0.5) is 0 Å². The van der Waals surface area contributed by atoms with E-state index in [0.29, 0.717) is 30.6 Å². The third-order valence-corrected chi connectivity index (χ3v) is 6.92. The molecule has 1 fully saturated rings. The second-order valence-electron chi connectivity index (χ2n) is 6.75. The van der Waals surface area contributed by atoms with Crippen LogP contribution in [0, 0.1) is 5.92 Å². The molecule has 3 heterocycles. The predicted octanol–water partition coefficient (Wildman–Crippen LogP) is 0.764. The third-order valence-electron chi connectivity index (χ3n) is 4.69. The van der Waals surface area contributed by atoms with Gasteiger partial charge in [0.2, 0.25) is 0 Å². The van der Waals surface area contributed by atoms with Crippen molar-refractivity contribution < 1.29 is 13.2 Å². The zero-order valence-corrected chi connectivity index (χ0v) is 15.5. The first kappa shape index (κ1) is 17.7. The topological polar surface area (TPSA) is 98.9 Å². The number of aryl methyl sites for hydroxylation is 2. The van der Waals surface area contributed by atoms with Crippen molar-refractivity contribution in [1.82, 2.24) is 24.9 Å². The van der Waals surface area contributed by atoms with Crippen molar-refractivity contribution in [2.75, 3.05) is 12.3 Å². The van der Waals surface area contributed by atoms with E-state index < -0.39 is 9.84 Å². The standard InChI is InChI=1S/C16H23N5O3S/c1-11-6-12(4-5-25(11,23)24)7-17-16(22)14-10-21(3)19-15(14)13-8-18-20(2)9-13/h8-12H,4-7H2,1-3H3,(H,17,22). The first-order valence-corrected chi connectivity index (χ1v) is 10.00. The van der Waals surface area contributed by atoms with Crippen LogP contribution in [-0.4, -0.2) is 51.4 Å². The molecule has 3 rings (SSSR count). The van der Waals surface area contributed by atoms with Crippen LogP contribution in [0.5, 0.6) is 0 Å². The van der Waals surface area contributed by atoms with E-state index in [4.69, 9.17) is 0 Å². The Hall–Kier alpha value is -2.16. The number of carbonyl (C=O) groups excluding carboxylic acids is 1. The van der Waals surface area contributed by atoms with Gasteiger partial charge in [-0.1, -0.05) is 0 Å². The van der Waals surface area contributed by atoms with E-state index in [1.807, 2.05) is 13.2 Å². The average molecular weight is 365 g/mol. The minimum Gasteiger partial charge on any atom is -0.352 e. The van der Waals surface area contributed by atoms with Gasteiger partial charge in [0.25, 0.3) is 5.91 Å². The van der Waals surface area contributed by atoms with E-state index in [9.17, 15) is 13.2 Å². The van der Waals surface area contributed by atoms with Crippen LogP contribution < -0.4 is 5.32 Å². The minimum atomic E-state index is -2.96. The fraction of sp³-hybridized carbons (Fsp3) is 0.562. The van der Waals surface area contributed by atoms with E-state index in [1.165, 1.54) is 0 Å². The predicted molar refractivity (Wildman–Crippen MR) is 93.7 cm³/mol. The molecule has 0 bridgehead atoms. The van der Waals surface area contributed by atoms with Gasteiger partial charge < -0.3 is 5.32 Å². The Morgan fingerprint density at radius 2 is 2.08 bits per heavy atom. The maximum absolute atomic E-state index is 12.6. The van der Waals surface area contributed by atoms with Crippen molar-refractivity contribution >= 4 is 15.7 Å². The summed E-state index contributed by atoms with van der Waals surface area (Å²) in [6.45, 7) is 2.21. The zero-order valence-electron chi connectivity index (χ0n) is 14.6. The number of hydrogen-bond acceptors (Lipinski definition) is 5. The summed E-state index contributed by atoms with van der Waals surface area (Å²) in [6.07, 6.45) is 6.35. The fourth-order valence-corrected chi connectivity index (χ4v) is 4.82. The Balaban J connectivity index is 1.68. The smallest absolute Gasteiger partial charge is 0.255 e. The maximum Gasteiger partial charge on any atom is 0.255 e. The molecule has 1 amide bonds. The van der Waals surface area contributed by atoms with Crippen LogP contribution >= 0.6 is 0 Å². The highest BCUT2D eigenvalue weighted by Gasteiger charge is 2.31. The van der Waals surface area contributed by atoms with Crippen LogP contribution in [0.1, 0.15) is 30.1 Å². The first-order valence-electron chi connectivity index (χ1n) is 8.28. The molecular weight excluding hydrogens is 342 g/mol. The van der Waals surface area contributed by atoms with Gasteiger partial charge >= 0.3 is 0 Å². The van der Waals surface area contributed by atoms with Gasteiger partial charge in [-0.15, -0.1) is 0 Å². The minimum absolute atomic E-state index is 0.181. The number of amides is 1. The van der Waals surface area contributed by atoms with Gasteiger partial charge in [-0.05, 0) is 25.7 Å². The Kier molecular flexibility index (Phi) is 4.68. The molecule has 2 aromatic heterocycles. The molecule has 1 saturated heterocycles. The molecule has 2 aromatic rings. The quantitative estimate of drug-likeness (QED) is 0.863. The number of nitrogens with one attached hydrogen (secondary N) is 1. The highest BCUT2D eigenvalue weighted by atomic mass is 32.2. The molecule has 2 unspecified atom stereocenters. The van der Waals surface area contributed by atoms with E-state index in [-0.39, 0.29) is 22.8 Å². The lowest BCUT2D eigenvalue weighted by molar-refractivity contribution is 0.0946. The van der Waals surface area contributed by atoms with E-state index >= 15 is 0 Å². The summed E-state index contributed by atoms with van der Waals surface area (Å²) in [7, 11) is 0.621. The molecule has 0 aliphatic carbocycles. The second-order valence-corrected chi connectivity index (χ2v) is 9.28. The van der Waals surface area contributed by atoms with Crippen molar-refractivity contribution in [1.29, 1.82) is 0 Å². The number of carbonyl (C=O) groups is 1. The normalized spacial score (nSPS) is 22.7. The van der Waals surface area contributed by atoms with E-state index in [1.54, 1.807) is 35.7 Å². The van der Waals surface area contributed by atoms with Crippen LogP contribution in [0.15, 0.2) is 18.6 Å². The summed E-state index contributed by atoms with van der Waals surface area (Å²) in [5, 5.41) is 11.1. The maximum atomic E-state index is 12.6. The summed E-state index contributed by atoms with van der Waals surface area (Å²) >= 11 is 0. The Morgan fingerprint density at radius 1 is 1.32 bits per heavy atom. The van der Waals surface area contributed by atoms with Crippen molar-refractivity contribution in [2.24, 2.45) is 20.0 Å². The molecule has 9 heteroatoms. The van der Waals surface area contributed by atoms with Gasteiger partial charge in [-0.3, -0.25) is 14.2 Å². The number of rotatable bonds is 4. The van der Waals surface area contributed by atoms with Crippen LogP contribution in [-0.2, 0) is 23.9 Å². The molecule has 2 atom stereocenters. The summed E-state index contributed by atoms with van der Waals surface area (Å²) in [4.78, 5) is 12.6. The van der Waals surface area contributed by atoms with Gasteiger partial charge in [-0.2, -0.15) is 10.2 Å². The molecule has 1 N–H and O–H groups in total. The lowest BCUT2D eigenvalue weighted by atomic mass is 9.99. The molecule has 0 radical (unpaired) electrons. The molecule has 1 aliphatic heterocycles. The second kappa shape index (κ2) is 6.62. The highest BCUT2D eigenvalue weighted by Crippen LogP contribution is 2.25.